The van der Waals surface area contributed by atoms with Gasteiger partial charge in [0.15, 0.2) is 34.7 Å². The first-order valence-corrected chi connectivity index (χ1v) is 13.7. The van der Waals surface area contributed by atoms with Gasteiger partial charge in [-0.1, -0.05) is 0 Å². The smallest absolute Gasteiger partial charge is 0.261 e. The fourth-order valence-corrected chi connectivity index (χ4v) is 7.58. The lowest BCUT2D eigenvalue weighted by Gasteiger charge is -2.53. The molecule has 6 atom stereocenters. The number of primary amides is 1. The number of carbonyl (C=O) groups is 5. The lowest BCUT2D eigenvalue weighted by atomic mass is 9.52. The Kier molecular flexibility index (Phi) is 6.26. The molecule has 13 heteroatoms. The number of Topliss-reactive ketones (excluding diaryl/α,β-unsaturated/α-hetero) is 4. The van der Waals surface area contributed by atoms with Crippen molar-refractivity contribution in [1.29, 1.82) is 0 Å². The Morgan fingerprint density at radius 2 is 1.88 bits per heavy atom. The average molecular weight is 578 g/mol. The van der Waals surface area contributed by atoms with Crippen molar-refractivity contribution in [2.45, 2.75) is 62.3 Å². The van der Waals surface area contributed by atoms with E-state index in [2.05, 4.69) is 0 Å². The number of nitrogens with zero attached hydrogens (tertiary/aromatic N) is 2. The van der Waals surface area contributed by atoms with Crippen molar-refractivity contribution in [3.05, 3.63) is 28.6 Å². The second-order valence-corrected chi connectivity index (χ2v) is 12.3. The van der Waals surface area contributed by atoms with E-state index >= 15 is 4.39 Å². The number of phenolic OH excluding ortho intramolecular Hbond substituents is 1. The Bertz CT molecular complexity index is 1410. The van der Waals surface area contributed by atoms with Gasteiger partial charge in [-0.2, -0.15) is 0 Å². The average Bonchev–Trinajstić information content (AvgIpc) is 3.67. The molecule has 41 heavy (non-hydrogen) atoms. The molecule has 4 fully saturated rings. The first-order valence-electron chi connectivity index (χ1n) is 13.7. The predicted molar refractivity (Wildman–Crippen MR) is 133 cm³/mol. The summed E-state index contributed by atoms with van der Waals surface area (Å²) in [5, 5.41) is 22.5. The number of aliphatic hydroxyl groups is 1. The minimum absolute atomic E-state index is 0.0208. The van der Waals surface area contributed by atoms with Crippen LogP contribution in [0.3, 0.4) is 0 Å². The van der Waals surface area contributed by atoms with E-state index in [1.165, 1.54) is 4.90 Å². The molecule has 1 heterocycles. The Balaban J connectivity index is 1.40. The molecule has 1 saturated heterocycles. The third kappa shape index (κ3) is 4.07. The van der Waals surface area contributed by atoms with E-state index in [0.717, 1.165) is 18.9 Å². The number of nitrogens with two attached hydrogens (primary N) is 1. The SMILES string of the molecule is CN(C1CC1)C1C(=O)C(C(N)=O)C(=O)C2(O)C(=O)C3C(=O)c4c(O)cc(CN5CCC(F)(F)C5)c(F)c4CC3CC12. The topological polar surface area (TPSA) is 158 Å². The number of ketones is 4. The summed E-state index contributed by atoms with van der Waals surface area (Å²) in [7, 11) is 1.60. The summed E-state index contributed by atoms with van der Waals surface area (Å²) in [4.78, 5) is 69.6. The van der Waals surface area contributed by atoms with E-state index in [4.69, 9.17) is 5.73 Å². The number of amides is 1. The summed E-state index contributed by atoms with van der Waals surface area (Å²) in [6.07, 6.45) is 0.649. The number of fused-ring (bicyclic) bond motifs is 3. The minimum Gasteiger partial charge on any atom is -0.507 e. The van der Waals surface area contributed by atoms with Gasteiger partial charge in [0.1, 0.15) is 11.6 Å². The summed E-state index contributed by atoms with van der Waals surface area (Å²) < 4.78 is 43.2. The summed E-state index contributed by atoms with van der Waals surface area (Å²) in [5.74, 6) is -16.0. The molecule has 4 aliphatic carbocycles. The molecule has 0 radical (unpaired) electrons. The molecular weight excluding hydrogens is 547 g/mol. The number of aromatic hydroxyl groups is 1. The van der Waals surface area contributed by atoms with Gasteiger partial charge in [-0.05, 0) is 44.7 Å². The molecule has 1 aliphatic heterocycles. The highest BCUT2D eigenvalue weighted by Gasteiger charge is 2.70. The number of carbonyl (C=O) groups excluding carboxylic acids is 5. The second kappa shape index (κ2) is 9.17. The number of alkyl halides is 2. The van der Waals surface area contributed by atoms with Crippen molar-refractivity contribution in [3.8, 4) is 5.75 Å². The first-order chi connectivity index (χ1) is 19.2. The number of rotatable bonds is 5. The Labute approximate surface area is 232 Å². The molecule has 4 N–H and O–H groups in total. The van der Waals surface area contributed by atoms with Gasteiger partial charge in [0.2, 0.25) is 5.91 Å². The maximum absolute atomic E-state index is 15.8. The van der Waals surface area contributed by atoms with E-state index in [-0.39, 0.29) is 49.5 Å². The van der Waals surface area contributed by atoms with E-state index < -0.39 is 94.0 Å². The van der Waals surface area contributed by atoms with Crippen LogP contribution in [0, 0.1) is 29.5 Å². The first kappa shape index (κ1) is 28.0. The van der Waals surface area contributed by atoms with Crippen LogP contribution in [0.1, 0.15) is 47.2 Å². The van der Waals surface area contributed by atoms with Crippen molar-refractivity contribution in [2.24, 2.45) is 29.4 Å². The van der Waals surface area contributed by atoms with Crippen molar-refractivity contribution in [3.63, 3.8) is 0 Å². The van der Waals surface area contributed by atoms with Crippen LogP contribution in [0.25, 0.3) is 0 Å². The molecule has 6 unspecified atom stereocenters. The van der Waals surface area contributed by atoms with Gasteiger partial charge >= 0.3 is 0 Å². The third-order valence-corrected chi connectivity index (χ3v) is 9.72. The minimum atomic E-state index is -2.91. The zero-order valence-corrected chi connectivity index (χ0v) is 22.2. The van der Waals surface area contributed by atoms with Gasteiger partial charge in [-0.15, -0.1) is 0 Å². The fraction of sp³-hybridized carbons (Fsp3) is 0.607. The Morgan fingerprint density at radius 3 is 2.46 bits per heavy atom. The van der Waals surface area contributed by atoms with E-state index in [9.17, 15) is 43.0 Å². The molecule has 1 aromatic carbocycles. The molecule has 5 aliphatic rings. The van der Waals surface area contributed by atoms with Crippen LogP contribution >= 0.6 is 0 Å². The summed E-state index contributed by atoms with van der Waals surface area (Å²) >= 11 is 0. The van der Waals surface area contributed by atoms with Crippen molar-refractivity contribution >= 4 is 29.0 Å². The molecule has 220 valence electrons. The number of hydrogen-bond acceptors (Lipinski definition) is 9. The lowest BCUT2D eigenvalue weighted by Crippen LogP contribution is -2.74. The molecular formula is C28H30F3N3O7. The van der Waals surface area contributed by atoms with Gasteiger partial charge < -0.3 is 15.9 Å². The van der Waals surface area contributed by atoms with Gasteiger partial charge in [0.05, 0.1) is 24.1 Å². The normalized spacial score (nSPS) is 34.9. The number of likely N-dealkylation sites (N-methyl/N-ethyl adjacent to an activating group) is 1. The maximum Gasteiger partial charge on any atom is 0.261 e. The summed E-state index contributed by atoms with van der Waals surface area (Å²) in [6, 6.07) is -0.320. The van der Waals surface area contributed by atoms with Gasteiger partial charge in [-0.25, -0.2) is 13.2 Å². The maximum atomic E-state index is 15.8. The van der Waals surface area contributed by atoms with Crippen LogP contribution in [0.5, 0.6) is 5.75 Å². The third-order valence-electron chi connectivity index (χ3n) is 9.72. The molecule has 6 rings (SSSR count). The number of phenols is 1. The van der Waals surface area contributed by atoms with Crippen molar-refractivity contribution < 1.29 is 47.4 Å². The molecule has 0 bridgehead atoms. The number of hydrogen-bond donors (Lipinski definition) is 3. The largest absolute Gasteiger partial charge is 0.507 e. The van der Waals surface area contributed by atoms with E-state index in [0.29, 0.717) is 0 Å². The molecule has 0 spiro atoms. The van der Waals surface area contributed by atoms with Gasteiger partial charge in [0, 0.05) is 42.6 Å². The van der Waals surface area contributed by atoms with Gasteiger partial charge in [-0.3, -0.25) is 33.8 Å². The van der Waals surface area contributed by atoms with Gasteiger partial charge in [0.25, 0.3) is 5.92 Å². The Morgan fingerprint density at radius 1 is 1.20 bits per heavy atom. The number of benzene rings is 1. The highest BCUT2D eigenvalue weighted by atomic mass is 19.3. The van der Waals surface area contributed by atoms with E-state index in [1.54, 1.807) is 11.9 Å². The van der Waals surface area contributed by atoms with Crippen LogP contribution in [-0.2, 0) is 32.1 Å². The van der Waals surface area contributed by atoms with Crippen LogP contribution in [0.15, 0.2) is 6.07 Å². The highest BCUT2D eigenvalue weighted by molar-refractivity contribution is 6.32. The summed E-state index contributed by atoms with van der Waals surface area (Å²) in [5.41, 5.74) is 1.79. The monoisotopic (exact) mass is 577 g/mol. The predicted octanol–water partition coefficient (Wildman–Crippen LogP) is 0.380. The fourth-order valence-electron chi connectivity index (χ4n) is 7.58. The highest BCUT2D eigenvalue weighted by Crippen LogP contribution is 2.52. The van der Waals surface area contributed by atoms with Crippen LogP contribution < -0.4 is 5.73 Å². The zero-order valence-electron chi connectivity index (χ0n) is 22.2. The molecule has 10 nitrogen and oxygen atoms in total. The molecule has 0 aromatic heterocycles. The molecule has 3 saturated carbocycles. The summed E-state index contributed by atoms with van der Waals surface area (Å²) in [6.45, 7) is -0.780. The zero-order chi connectivity index (χ0) is 29.8. The molecule has 1 aromatic rings. The number of likely N-dealkylation sites (tertiary alicyclic amines) is 1. The van der Waals surface area contributed by atoms with Crippen molar-refractivity contribution in [2.75, 3.05) is 20.1 Å². The lowest BCUT2D eigenvalue weighted by molar-refractivity contribution is -0.182. The quantitative estimate of drug-likeness (QED) is 0.421. The second-order valence-electron chi connectivity index (χ2n) is 12.3. The van der Waals surface area contributed by atoms with Crippen LogP contribution in [-0.4, -0.2) is 92.8 Å². The van der Waals surface area contributed by atoms with E-state index in [1.807, 2.05) is 0 Å². The Hall–Kier alpha value is -3.16. The van der Waals surface area contributed by atoms with Crippen molar-refractivity contribution in [1.82, 2.24) is 9.80 Å². The number of halogens is 3. The van der Waals surface area contributed by atoms with Crippen LogP contribution in [0.4, 0.5) is 13.2 Å². The van der Waals surface area contributed by atoms with Crippen LogP contribution in [0.2, 0.25) is 0 Å². The standard InChI is InChI=1S/C28H30F3N3O7/c1-33(13-2-3-13)21-15-7-11-6-14-18(16(35)8-12(20(14)29)9-34-5-4-27(30,31)10-34)22(36)17(11)24(38)28(15,41)25(39)19(23(21)37)26(32)40/h8,11,13,15,17,19,21,35,41H,2-7,9-10H2,1H3,(H2,32,40). The molecule has 1 amide bonds.